The highest BCUT2D eigenvalue weighted by atomic mass is 16.3. The van der Waals surface area contributed by atoms with Gasteiger partial charge in [-0.05, 0) is 117 Å². The van der Waals surface area contributed by atoms with Crippen molar-refractivity contribution in [2.24, 2.45) is 0 Å². The van der Waals surface area contributed by atoms with Gasteiger partial charge in [0.2, 0.25) is 0 Å². The maximum Gasteiger partial charge on any atom is 0.136 e. The van der Waals surface area contributed by atoms with E-state index in [1.54, 1.807) is 0 Å². The van der Waals surface area contributed by atoms with E-state index in [9.17, 15) is 0 Å². The second-order valence-electron chi connectivity index (χ2n) is 13.0. The lowest BCUT2D eigenvalue weighted by atomic mass is 9.70. The Labute approximate surface area is 272 Å². The lowest BCUT2D eigenvalue weighted by Gasteiger charge is -2.34. The van der Waals surface area contributed by atoms with Crippen LogP contribution in [0.5, 0.6) is 0 Å². The Morgan fingerprint density at radius 2 is 1.47 bits per heavy atom. The number of allylic oxidation sites excluding steroid dienone is 5. The van der Waals surface area contributed by atoms with Crippen LogP contribution in [-0.2, 0) is 0 Å². The maximum absolute atomic E-state index is 6.26. The first-order valence-corrected chi connectivity index (χ1v) is 16.4. The average Bonchev–Trinajstić information content (AvgIpc) is 3.63. The molecule has 2 heteroatoms. The number of rotatable bonds is 3. The fraction of sp³-hybridized carbons (Fsp3) is 0.0667. The van der Waals surface area contributed by atoms with E-state index in [1.165, 1.54) is 66.0 Å². The van der Waals surface area contributed by atoms with Gasteiger partial charge < -0.3 is 8.98 Å². The largest absolute Gasteiger partial charge is 0.456 e. The van der Waals surface area contributed by atoms with E-state index >= 15 is 0 Å². The molecule has 222 valence electrons. The molecule has 0 aliphatic heterocycles. The number of hydrogen-bond donors (Lipinski definition) is 0. The second-order valence-corrected chi connectivity index (χ2v) is 13.0. The molecule has 2 aliphatic rings. The van der Waals surface area contributed by atoms with Crippen LogP contribution in [0, 0.1) is 0 Å². The van der Waals surface area contributed by atoms with Crippen LogP contribution >= 0.6 is 0 Å². The Morgan fingerprint density at radius 3 is 2.38 bits per heavy atom. The monoisotopic (exact) mass is 601 g/mol. The Morgan fingerprint density at radius 1 is 0.681 bits per heavy atom. The van der Waals surface area contributed by atoms with Crippen molar-refractivity contribution >= 4 is 65.7 Å². The lowest BCUT2D eigenvalue weighted by Crippen LogP contribution is -2.16. The Hall–Kier alpha value is -5.86. The predicted molar refractivity (Wildman–Crippen MR) is 198 cm³/mol. The zero-order chi connectivity index (χ0) is 31.2. The molecule has 0 saturated heterocycles. The SMILES string of the molecule is C=C/C=C1/CC2CC=C(c3cccc(-n4c5ccccc5c5cc6cc7oc8ccccc8c7cc6cc54)c3)c3cccc(c32)C1=C. The first-order valence-electron chi connectivity index (χ1n) is 16.4. The van der Waals surface area contributed by atoms with E-state index in [0.29, 0.717) is 5.92 Å². The van der Waals surface area contributed by atoms with Gasteiger partial charge >= 0.3 is 0 Å². The number of fused-ring (bicyclic) bond motifs is 7. The third kappa shape index (κ3) is 3.79. The molecule has 2 aromatic heterocycles. The summed E-state index contributed by atoms with van der Waals surface area (Å²) in [5, 5.41) is 7.19. The van der Waals surface area contributed by atoms with E-state index in [0.717, 1.165) is 46.0 Å². The molecule has 6 aromatic carbocycles. The van der Waals surface area contributed by atoms with Gasteiger partial charge in [-0.25, -0.2) is 0 Å². The van der Waals surface area contributed by atoms with Crippen molar-refractivity contribution in [2.45, 2.75) is 18.8 Å². The van der Waals surface area contributed by atoms with Crippen LogP contribution in [0.2, 0.25) is 0 Å². The fourth-order valence-electron chi connectivity index (χ4n) is 8.35. The third-order valence-corrected chi connectivity index (χ3v) is 10.5. The molecule has 10 rings (SSSR count). The van der Waals surface area contributed by atoms with Gasteiger partial charge in [-0.2, -0.15) is 0 Å². The third-order valence-electron chi connectivity index (χ3n) is 10.5. The lowest BCUT2D eigenvalue weighted by molar-refractivity contribution is 0.669. The van der Waals surface area contributed by atoms with Gasteiger partial charge in [0.25, 0.3) is 0 Å². The quantitative estimate of drug-likeness (QED) is 0.197. The van der Waals surface area contributed by atoms with Crippen molar-refractivity contribution in [3.05, 3.63) is 174 Å². The topological polar surface area (TPSA) is 18.1 Å². The van der Waals surface area contributed by atoms with Crippen LogP contribution in [0.3, 0.4) is 0 Å². The number of para-hydroxylation sites is 2. The highest BCUT2D eigenvalue weighted by molar-refractivity contribution is 6.17. The number of hydrogen-bond acceptors (Lipinski definition) is 1. The van der Waals surface area contributed by atoms with Crippen molar-refractivity contribution in [2.75, 3.05) is 0 Å². The number of nitrogens with zero attached hydrogens (tertiary/aromatic N) is 1. The molecule has 0 amide bonds. The molecule has 2 aliphatic carbocycles. The number of furan rings is 1. The molecular formula is C45H31NO. The average molecular weight is 602 g/mol. The van der Waals surface area contributed by atoms with Crippen molar-refractivity contribution in [1.82, 2.24) is 4.57 Å². The molecule has 1 unspecified atom stereocenters. The molecule has 47 heavy (non-hydrogen) atoms. The van der Waals surface area contributed by atoms with Gasteiger partial charge in [-0.1, -0.05) is 98.1 Å². The summed E-state index contributed by atoms with van der Waals surface area (Å²) in [6.45, 7) is 8.45. The zero-order valence-corrected chi connectivity index (χ0v) is 26.0. The fourth-order valence-corrected chi connectivity index (χ4v) is 8.35. The predicted octanol–water partition coefficient (Wildman–Crippen LogP) is 12.3. The number of aromatic nitrogens is 1. The molecule has 1 atom stereocenters. The molecule has 8 aromatic rings. The summed E-state index contributed by atoms with van der Waals surface area (Å²) in [7, 11) is 0. The highest BCUT2D eigenvalue weighted by Gasteiger charge is 2.31. The molecule has 0 fully saturated rings. The number of benzene rings is 6. The molecule has 0 radical (unpaired) electrons. The van der Waals surface area contributed by atoms with E-state index in [4.69, 9.17) is 4.42 Å². The van der Waals surface area contributed by atoms with Gasteiger partial charge in [-0.15, -0.1) is 0 Å². The van der Waals surface area contributed by atoms with E-state index in [-0.39, 0.29) is 0 Å². The smallest absolute Gasteiger partial charge is 0.136 e. The molecule has 2 nitrogen and oxygen atoms in total. The summed E-state index contributed by atoms with van der Waals surface area (Å²) in [4.78, 5) is 0. The summed E-state index contributed by atoms with van der Waals surface area (Å²) in [6.07, 6.45) is 8.51. The van der Waals surface area contributed by atoms with Crippen LogP contribution in [0.4, 0.5) is 0 Å². The Balaban J connectivity index is 1.16. The van der Waals surface area contributed by atoms with Crippen LogP contribution in [-0.4, -0.2) is 4.57 Å². The summed E-state index contributed by atoms with van der Waals surface area (Å²) in [5.74, 6) is 0.467. The summed E-state index contributed by atoms with van der Waals surface area (Å²) in [5.41, 5.74) is 14.5. The van der Waals surface area contributed by atoms with Gasteiger partial charge in [0.05, 0.1) is 11.0 Å². The van der Waals surface area contributed by atoms with Gasteiger partial charge in [-0.3, -0.25) is 0 Å². The summed E-state index contributed by atoms with van der Waals surface area (Å²) in [6, 6.07) is 42.1. The van der Waals surface area contributed by atoms with Crippen LogP contribution in [0.15, 0.2) is 157 Å². The zero-order valence-electron chi connectivity index (χ0n) is 26.0. The van der Waals surface area contributed by atoms with Gasteiger partial charge in [0, 0.05) is 27.2 Å². The van der Waals surface area contributed by atoms with Crippen molar-refractivity contribution in [1.29, 1.82) is 0 Å². The molecular weight excluding hydrogens is 571 g/mol. The van der Waals surface area contributed by atoms with Gasteiger partial charge in [0.1, 0.15) is 11.2 Å². The molecule has 2 heterocycles. The molecule has 0 spiro atoms. The highest BCUT2D eigenvalue weighted by Crippen LogP contribution is 2.49. The maximum atomic E-state index is 6.26. The van der Waals surface area contributed by atoms with E-state index in [1.807, 2.05) is 18.2 Å². The first-order chi connectivity index (χ1) is 23.2. The Kier molecular flexibility index (Phi) is 5.51. The summed E-state index contributed by atoms with van der Waals surface area (Å²) >= 11 is 0. The van der Waals surface area contributed by atoms with Crippen molar-refractivity contribution < 1.29 is 4.42 Å². The van der Waals surface area contributed by atoms with Crippen molar-refractivity contribution in [3.8, 4) is 5.69 Å². The van der Waals surface area contributed by atoms with Crippen LogP contribution in [0.25, 0.3) is 71.4 Å². The van der Waals surface area contributed by atoms with E-state index < -0.39 is 0 Å². The second kappa shape index (κ2) is 9.82. The molecule has 0 N–H and O–H groups in total. The molecule has 0 bridgehead atoms. The van der Waals surface area contributed by atoms with Gasteiger partial charge in [0.15, 0.2) is 0 Å². The van der Waals surface area contributed by atoms with Crippen LogP contribution in [0.1, 0.15) is 41.0 Å². The minimum Gasteiger partial charge on any atom is -0.456 e. The van der Waals surface area contributed by atoms with Crippen molar-refractivity contribution in [3.63, 3.8) is 0 Å². The molecule has 0 saturated carbocycles. The minimum absolute atomic E-state index is 0.467. The van der Waals surface area contributed by atoms with Crippen LogP contribution < -0.4 is 0 Å². The normalized spacial score (nSPS) is 16.9. The van der Waals surface area contributed by atoms with E-state index in [2.05, 4.69) is 133 Å². The first kappa shape index (κ1) is 26.4. The Bertz CT molecular complexity index is 2730. The summed E-state index contributed by atoms with van der Waals surface area (Å²) < 4.78 is 8.69. The minimum atomic E-state index is 0.467. The standard InChI is InChI=1S/C45H31NO/c1-3-10-28-21-30-19-20-35(38-16-9-15-34(27(28)2)45(30)38)29-11-8-12-33(22-29)46-41-17-6-4-13-36(41)39-23-32-26-44-40(24-31(32)25-42(39)46)37-14-5-7-18-43(37)47-44/h3-18,20,22-26,30H,1-2,19,21H2/b28-10-.